The van der Waals surface area contributed by atoms with E-state index in [2.05, 4.69) is 6.92 Å². The van der Waals surface area contributed by atoms with E-state index in [1.807, 2.05) is 37.3 Å². The molecule has 2 unspecified atom stereocenters. The van der Waals surface area contributed by atoms with Crippen LogP contribution in [0, 0.1) is 0 Å². The molecular formula is C25H30O6. The summed E-state index contributed by atoms with van der Waals surface area (Å²) in [6.07, 6.45) is 2.28. The first-order valence-corrected chi connectivity index (χ1v) is 10.8. The van der Waals surface area contributed by atoms with Gasteiger partial charge in [-0.1, -0.05) is 55.8 Å². The van der Waals surface area contributed by atoms with E-state index < -0.39 is 17.5 Å². The summed E-state index contributed by atoms with van der Waals surface area (Å²) >= 11 is 0. The first-order valence-electron chi connectivity index (χ1n) is 10.8. The van der Waals surface area contributed by atoms with Crippen molar-refractivity contribution in [2.24, 2.45) is 0 Å². The average Bonchev–Trinajstić information content (AvgIpc) is 2.76. The number of hydrogen-bond acceptors (Lipinski definition) is 6. The molecule has 0 aliphatic carbocycles. The molecule has 1 heterocycles. The van der Waals surface area contributed by atoms with E-state index in [4.69, 9.17) is 18.9 Å². The van der Waals surface area contributed by atoms with Gasteiger partial charge in [-0.3, -0.25) is 0 Å². The van der Waals surface area contributed by atoms with Crippen molar-refractivity contribution >= 4 is 11.9 Å². The third-order valence-corrected chi connectivity index (χ3v) is 5.30. The van der Waals surface area contributed by atoms with E-state index in [0.717, 1.165) is 18.4 Å². The molecule has 1 fully saturated rings. The van der Waals surface area contributed by atoms with Crippen LogP contribution in [-0.4, -0.2) is 31.4 Å². The Kier molecular flexibility index (Phi) is 7.82. The summed E-state index contributed by atoms with van der Waals surface area (Å²) in [5, 5.41) is 0. The molecule has 0 N–H and O–H groups in total. The SMILES string of the molecule is CCCCOC1CC(C)(c2cccc(C(=O)OCc3ccccc3)c2C(=O)OCC)O1. The van der Waals surface area contributed by atoms with Crippen molar-refractivity contribution in [3.05, 3.63) is 70.8 Å². The van der Waals surface area contributed by atoms with Crippen LogP contribution in [0.5, 0.6) is 0 Å². The predicted molar refractivity (Wildman–Crippen MR) is 116 cm³/mol. The van der Waals surface area contributed by atoms with E-state index in [0.29, 0.717) is 18.6 Å². The summed E-state index contributed by atoms with van der Waals surface area (Å²) in [4.78, 5) is 25.7. The van der Waals surface area contributed by atoms with Crippen molar-refractivity contribution in [1.82, 2.24) is 0 Å². The van der Waals surface area contributed by atoms with Gasteiger partial charge in [0.1, 0.15) is 6.61 Å². The lowest BCUT2D eigenvalue weighted by Crippen LogP contribution is -2.48. The minimum absolute atomic E-state index is 0.118. The molecule has 3 rings (SSSR count). The number of hydrogen-bond donors (Lipinski definition) is 0. The average molecular weight is 427 g/mol. The maximum absolute atomic E-state index is 12.9. The van der Waals surface area contributed by atoms with Gasteiger partial charge >= 0.3 is 11.9 Å². The Hall–Kier alpha value is -2.70. The first kappa shape index (κ1) is 23.0. The van der Waals surface area contributed by atoms with Crippen molar-refractivity contribution in [2.75, 3.05) is 13.2 Å². The molecule has 0 radical (unpaired) electrons. The lowest BCUT2D eigenvalue weighted by Gasteiger charge is -2.46. The number of ether oxygens (including phenoxy) is 4. The fourth-order valence-corrected chi connectivity index (χ4v) is 3.61. The number of unbranched alkanes of at least 4 members (excludes halogenated alkanes) is 1. The van der Waals surface area contributed by atoms with E-state index >= 15 is 0 Å². The Balaban J connectivity index is 1.82. The highest BCUT2D eigenvalue weighted by atomic mass is 16.7. The molecule has 166 valence electrons. The minimum Gasteiger partial charge on any atom is -0.462 e. The van der Waals surface area contributed by atoms with Gasteiger partial charge < -0.3 is 18.9 Å². The predicted octanol–water partition coefficient (Wildman–Crippen LogP) is 5.00. The Labute approximate surface area is 183 Å². The maximum atomic E-state index is 12.9. The van der Waals surface area contributed by atoms with Crippen LogP contribution in [-0.2, 0) is 31.2 Å². The van der Waals surface area contributed by atoms with Crippen LogP contribution < -0.4 is 0 Å². The summed E-state index contributed by atoms with van der Waals surface area (Å²) in [6.45, 7) is 6.67. The summed E-state index contributed by atoms with van der Waals surface area (Å²) in [6, 6.07) is 14.5. The molecule has 0 amide bonds. The van der Waals surface area contributed by atoms with E-state index in [-0.39, 0.29) is 30.6 Å². The summed E-state index contributed by atoms with van der Waals surface area (Å²) < 4.78 is 22.5. The van der Waals surface area contributed by atoms with Crippen LogP contribution in [0.3, 0.4) is 0 Å². The zero-order valence-electron chi connectivity index (χ0n) is 18.4. The van der Waals surface area contributed by atoms with E-state index in [1.54, 1.807) is 25.1 Å². The quantitative estimate of drug-likeness (QED) is 0.393. The topological polar surface area (TPSA) is 71.1 Å². The van der Waals surface area contributed by atoms with Gasteiger partial charge in [0.15, 0.2) is 6.29 Å². The molecule has 0 saturated carbocycles. The zero-order valence-corrected chi connectivity index (χ0v) is 18.4. The second-order valence-corrected chi connectivity index (χ2v) is 7.72. The van der Waals surface area contributed by atoms with Gasteiger partial charge in [0, 0.05) is 13.0 Å². The molecule has 6 heteroatoms. The van der Waals surface area contributed by atoms with Gasteiger partial charge in [-0.15, -0.1) is 0 Å². The summed E-state index contributed by atoms with van der Waals surface area (Å²) in [7, 11) is 0. The highest BCUT2D eigenvalue weighted by molar-refractivity contribution is 6.04. The largest absolute Gasteiger partial charge is 0.462 e. The van der Waals surface area contributed by atoms with Gasteiger partial charge in [-0.25, -0.2) is 9.59 Å². The van der Waals surface area contributed by atoms with Crippen LogP contribution in [0.25, 0.3) is 0 Å². The molecule has 6 nitrogen and oxygen atoms in total. The molecule has 0 bridgehead atoms. The summed E-state index contributed by atoms with van der Waals surface area (Å²) in [5.74, 6) is -1.14. The number of rotatable bonds is 10. The molecular weight excluding hydrogens is 396 g/mol. The van der Waals surface area contributed by atoms with Gasteiger partial charge in [-0.05, 0) is 37.5 Å². The third kappa shape index (κ3) is 5.51. The molecule has 2 aromatic rings. The molecule has 1 aliphatic heterocycles. The first-order chi connectivity index (χ1) is 15.0. The van der Waals surface area contributed by atoms with Gasteiger partial charge in [0.25, 0.3) is 0 Å². The van der Waals surface area contributed by atoms with Crippen molar-refractivity contribution in [1.29, 1.82) is 0 Å². The molecule has 2 atom stereocenters. The lowest BCUT2D eigenvalue weighted by atomic mass is 9.82. The van der Waals surface area contributed by atoms with Crippen LogP contribution in [0.2, 0.25) is 0 Å². The van der Waals surface area contributed by atoms with Crippen LogP contribution in [0.1, 0.15) is 71.9 Å². The Morgan fingerprint density at radius 3 is 2.45 bits per heavy atom. The third-order valence-electron chi connectivity index (χ3n) is 5.30. The fourth-order valence-electron chi connectivity index (χ4n) is 3.61. The minimum atomic E-state index is -0.741. The highest BCUT2D eigenvalue weighted by Crippen LogP contribution is 2.44. The standard InChI is InChI=1S/C25H30O6/c1-4-6-15-29-21-16-25(3,31-21)20-14-10-13-19(22(20)24(27)28-5-2)23(26)30-17-18-11-8-7-9-12-18/h7-14,21H,4-6,15-17H2,1-3H3. The molecule has 1 saturated heterocycles. The smallest absolute Gasteiger partial charge is 0.339 e. The molecule has 1 aliphatic rings. The monoisotopic (exact) mass is 426 g/mol. The Morgan fingerprint density at radius 2 is 1.77 bits per heavy atom. The van der Waals surface area contributed by atoms with Crippen molar-refractivity contribution in [3.8, 4) is 0 Å². The Morgan fingerprint density at radius 1 is 1.03 bits per heavy atom. The van der Waals surface area contributed by atoms with Crippen molar-refractivity contribution < 1.29 is 28.5 Å². The summed E-state index contributed by atoms with van der Waals surface area (Å²) in [5.41, 5.74) is 1.10. The molecule has 0 aromatic heterocycles. The number of carbonyl (C=O) groups excluding carboxylic acids is 2. The van der Waals surface area contributed by atoms with Crippen LogP contribution >= 0.6 is 0 Å². The lowest BCUT2D eigenvalue weighted by molar-refractivity contribution is -0.309. The molecule has 2 aromatic carbocycles. The molecule has 31 heavy (non-hydrogen) atoms. The molecule has 0 spiro atoms. The number of esters is 2. The van der Waals surface area contributed by atoms with Crippen LogP contribution in [0.4, 0.5) is 0 Å². The van der Waals surface area contributed by atoms with Crippen molar-refractivity contribution in [2.45, 2.75) is 58.5 Å². The number of benzene rings is 2. The van der Waals surface area contributed by atoms with Gasteiger partial charge in [-0.2, -0.15) is 0 Å². The highest BCUT2D eigenvalue weighted by Gasteiger charge is 2.46. The van der Waals surface area contributed by atoms with E-state index in [9.17, 15) is 9.59 Å². The van der Waals surface area contributed by atoms with Gasteiger partial charge in [0.05, 0.1) is 23.3 Å². The zero-order chi connectivity index (χ0) is 22.3. The normalized spacial score (nSPS) is 20.0. The van der Waals surface area contributed by atoms with E-state index in [1.165, 1.54) is 0 Å². The van der Waals surface area contributed by atoms with Crippen LogP contribution in [0.15, 0.2) is 48.5 Å². The van der Waals surface area contributed by atoms with Crippen molar-refractivity contribution in [3.63, 3.8) is 0 Å². The maximum Gasteiger partial charge on any atom is 0.339 e. The second-order valence-electron chi connectivity index (χ2n) is 7.72. The fraction of sp³-hybridized carbons (Fsp3) is 0.440. The number of carbonyl (C=O) groups is 2. The van der Waals surface area contributed by atoms with Gasteiger partial charge in [0.2, 0.25) is 0 Å². The second kappa shape index (κ2) is 10.6. The Bertz CT molecular complexity index is 886.